The van der Waals surface area contributed by atoms with E-state index in [0.29, 0.717) is 18.9 Å². The zero-order valence-corrected chi connectivity index (χ0v) is 12.8. The third kappa shape index (κ3) is 4.62. The van der Waals surface area contributed by atoms with E-state index in [9.17, 15) is 13.2 Å². The molecule has 1 aromatic heterocycles. The van der Waals surface area contributed by atoms with Crippen LogP contribution in [0.3, 0.4) is 0 Å². The number of likely N-dealkylation sites (N-methyl/N-ethyl adjacent to an activating group) is 1. The molecule has 0 saturated heterocycles. The molecule has 1 amide bonds. The maximum atomic E-state index is 12.0. The lowest BCUT2D eigenvalue weighted by Gasteiger charge is -2.09. The van der Waals surface area contributed by atoms with E-state index in [1.165, 1.54) is 12.3 Å². The highest BCUT2D eigenvalue weighted by Gasteiger charge is 2.17. The van der Waals surface area contributed by atoms with E-state index in [2.05, 4.69) is 20.3 Å². The number of pyridine rings is 1. The molecule has 0 radical (unpaired) electrons. The molecule has 0 aliphatic rings. The Bertz CT molecular complexity index is 577. The second kappa shape index (κ2) is 7.41. The summed E-state index contributed by atoms with van der Waals surface area (Å²) in [4.78, 5) is 15.1. The smallest absolute Gasteiger partial charge is 0.242 e. The zero-order valence-electron chi connectivity index (χ0n) is 11.2. The summed E-state index contributed by atoms with van der Waals surface area (Å²) in [5.74, 6) is 0.0104. The van der Waals surface area contributed by atoms with Crippen molar-refractivity contribution < 1.29 is 13.2 Å². The molecular weight excluding hydrogens is 304 g/mol. The van der Waals surface area contributed by atoms with Gasteiger partial charge in [0.25, 0.3) is 0 Å². The summed E-state index contributed by atoms with van der Waals surface area (Å²) >= 11 is 5.93. The Kier molecular flexibility index (Phi) is 6.18. The predicted octanol–water partition coefficient (Wildman–Crippen LogP) is 0.581. The van der Waals surface area contributed by atoms with E-state index >= 15 is 0 Å². The van der Waals surface area contributed by atoms with Crippen LogP contribution >= 0.6 is 11.6 Å². The van der Waals surface area contributed by atoms with Crippen molar-refractivity contribution in [3.05, 3.63) is 17.3 Å². The van der Waals surface area contributed by atoms with Crippen molar-refractivity contribution in [3.63, 3.8) is 0 Å². The van der Waals surface area contributed by atoms with Crippen molar-refractivity contribution in [1.29, 1.82) is 0 Å². The van der Waals surface area contributed by atoms with Crippen molar-refractivity contribution >= 4 is 33.3 Å². The first-order valence-electron chi connectivity index (χ1n) is 6.06. The van der Waals surface area contributed by atoms with Crippen molar-refractivity contribution in [2.24, 2.45) is 0 Å². The summed E-state index contributed by atoms with van der Waals surface area (Å²) in [5.41, 5.74) is 0. The molecule has 1 aromatic rings. The van der Waals surface area contributed by atoms with Gasteiger partial charge in [0.15, 0.2) is 0 Å². The number of carbonyl (C=O) groups is 1. The van der Waals surface area contributed by atoms with Crippen LogP contribution in [0.15, 0.2) is 17.2 Å². The number of amides is 1. The van der Waals surface area contributed by atoms with Gasteiger partial charge in [-0.2, -0.15) is 0 Å². The molecule has 0 aliphatic heterocycles. The summed E-state index contributed by atoms with van der Waals surface area (Å²) < 4.78 is 26.1. The molecule has 0 atom stereocenters. The number of aromatic nitrogens is 1. The molecular formula is C11H17ClN4O3S. The van der Waals surface area contributed by atoms with Crippen LogP contribution in [0.25, 0.3) is 0 Å². The highest BCUT2D eigenvalue weighted by molar-refractivity contribution is 7.89. The summed E-state index contributed by atoms with van der Waals surface area (Å²) in [6.45, 7) is 4.34. The monoisotopic (exact) mass is 320 g/mol. The van der Waals surface area contributed by atoms with Gasteiger partial charge in [0.2, 0.25) is 15.9 Å². The van der Waals surface area contributed by atoms with Gasteiger partial charge >= 0.3 is 0 Å². The fourth-order valence-electron chi connectivity index (χ4n) is 1.37. The highest BCUT2D eigenvalue weighted by atomic mass is 35.5. The molecule has 0 bridgehead atoms. The quantitative estimate of drug-likeness (QED) is 0.682. The lowest BCUT2D eigenvalue weighted by molar-refractivity contribution is -0.119. The number of halogens is 1. The zero-order chi connectivity index (χ0) is 15.2. The van der Waals surface area contributed by atoms with E-state index in [1.54, 1.807) is 6.92 Å². The molecule has 3 N–H and O–H groups in total. The summed E-state index contributed by atoms with van der Waals surface area (Å²) in [5, 5.41) is 5.59. The summed E-state index contributed by atoms with van der Waals surface area (Å²) in [7, 11) is -3.81. The van der Waals surface area contributed by atoms with E-state index in [-0.39, 0.29) is 16.5 Å². The minimum atomic E-state index is -3.81. The average Bonchev–Trinajstić information content (AvgIpc) is 2.39. The van der Waals surface area contributed by atoms with Crippen LogP contribution in [-0.4, -0.2) is 38.9 Å². The maximum Gasteiger partial charge on any atom is 0.242 e. The largest absolute Gasteiger partial charge is 0.369 e. The van der Waals surface area contributed by atoms with Crippen LogP contribution in [0.5, 0.6) is 0 Å². The normalized spacial score (nSPS) is 11.2. The van der Waals surface area contributed by atoms with Gasteiger partial charge in [0.05, 0.1) is 11.6 Å². The highest BCUT2D eigenvalue weighted by Crippen LogP contribution is 2.22. The van der Waals surface area contributed by atoms with Crippen LogP contribution in [0.4, 0.5) is 5.82 Å². The minimum absolute atomic E-state index is 0.0894. The number of carbonyl (C=O) groups excluding carboxylic acids is 1. The molecule has 0 aromatic carbocycles. The van der Waals surface area contributed by atoms with Crippen molar-refractivity contribution in [3.8, 4) is 0 Å². The second-order valence-electron chi connectivity index (χ2n) is 3.81. The maximum absolute atomic E-state index is 12.0. The Balaban J connectivity index is 2.82. The Labute approximate surface area is 123 Å². The van der Waals surface area contributed by atoms with Crippen LogP contribution in [0, 0.1) is 0 Å². The molecule has 112 valence electrons. The lowest BCUT2D eigenvalue weighted by atomic mass is 10.4. The molecule has 0 unspecified atom stereocenters. The number of nitrogens with zero attached hydrogens (tertiary/aromatic N) is 1. The van der Waals surface area contributed by atoms with Gasteiger partial charge in [-0.05, 0) is 19.9 Å². The van der Waals surface area contributed by atoms with E-state index in [4.69, 9.17) is 11.6 Å². The van der Waals surface area contributed by atoms with Crippen LogP contribution in [0.2, 0.25) is 5.02 Å². The van der Waals surface area contributed by atoms with Crippen molar-refractivity contribution in [2.75, 3.05) is 25.0 Å². The third-order valence-corrected chi connectivity index (χ3v) is 3.92. The van der Waals surface area contributed by atoms with Crippen LogP contribution in [-0.2, 0) is 14.8 Å². The van der Waals surface area contributed by atoms with Gasteiger partial charge in [0, 0.05) is 19.3 Å². The van der Waals surface area contributed by atoms with E-state index in [1.807, 2.05) is 6.92 Å². The Morgan fingerprint density at radius 2 is 2.05 bits per heavy atom. The Morgan fingerprint density at radius 1 is 1.35 bits per heavy atom. The first-order chi connectivity index (χ1) is 9.40. The molecule has 0 saturated carbocycles. The van der Waals surface area contributed by atoms with Crippen LogP contribution < -0.4 is 15.4 Å². The minimum Gasteiger partial charge on any atom is -0.369 e. The van der Waals surface area contributed by atoms with E-state index < -0.39 is 15.9 Å². The van der Waals surface area contributed by atoms with E-state index in [0.717, 1.165) is 0 Å². The molecule has 0 fully saturated rings. The number of nitrogens with one attached hydrogen (secondary N) is 3. The molecule has 20 heavy (non-hydrogen) atoms. The molecule has 7 nitrogen and oxygen atoms in total. The molecule has 1 heterocycles. The topological polar surface area (TPSA) is 100 Å². The van der Waals surface area contributed by atoms with Gasteiger partial charge in [-0.25, -0.2) is 18.1 Å². The summed E-state index contributed by atoms with van der Waals surface area (Å²) in [6.07, 6.45) is 1.18. The SMILES string of the molecule is CCNC(=O)CNS(=O)(=O)c1cnc(NCC)c(Cl)c1. The summed E-state index contributed by atoms with van der Waals surface area (Å²) in [6, 6.07) is 1.28. The number of sulfonamides is 1. The number of hydrogen-bond acceptors (Lipinski definition) is 5. The van der Waals surface area contributed by atoms with Gasteiger partial charge in [-0.3, -0.25) is 4.79 Å². The first-order valence-corrected chi connectivity index (χ1v) is 7.92. The second-order valence-corrected chi connectivity index (χ2v) is 5.98. The molecule has 0 spiro atoms. The standard InChI is InChI=1S/C11H17ClN4O3S/c1-3-13-10(17)7-16-20(18,19)8-5-9(12)11(14-4-2)15-6-8/h5-6,16H,3-4,7H2,1-2H3,(H,13,17)(H,14,15). The first kappa shape index (κ1) is 16.7. The van der Waals surface area contributed by atoms with Gasteiger partial charge in [-0.15, -0.1) is 0 Å². The van der Waals surface area contributed by atoms with Crippen molar-refractivity contribution in [2.45, 2.75) is 18.7 Å². The average molecular weight is 321 g/mol. The fourth-order valence-corrected chi connectivity index (χ4v) is 2.62. The van der Waals surface area contributed by atoms with Gasteiger partial charge < -0.3 is 10.6 Å². The number of anilines is 1. The van der Waals surface area contributed by atoms with Gasteiger partial charge in [-0.1, -0.05) is 11.6 Å². The van der Waals surface area contributed by atoms with Gasteiger partial charge in [0.1, 0.15) is 10.7 Å². The molecule has 1 rings (SSSR count). The fraction of sp³-hybridized carbons (Fsp3) is 0.455. The number of rotatable bonds is 7. The number of hydrogen-bond donors (Lipinski definition) is 3. The lowest BCUT2D eigenvalue weighted by Crippen LogP contribution is -2.36. The van der Waals surface area contributed by atoms with Crippen molar-refractivity contribution in [1.82, 2.24) is 15.0 Å². The third-order valence-electron chi connectivity index (χ3n) is 2.27. The predicted molar refractivity (Wildman–Crippen MR) is 77.3 cm³/mol. The molecule has 0 aliphatic carbocycles. The Morgan fingerprint density at radius 3 is 2.60 bits per heavy atom. The Hall–Kier alpha value is -1.38. The molecule has 9 heteroatoms. The van der Waals surface area contributed by atoms with Crippen LogP contribution in [0.1, 0.15) is 13.8 Å².